The molecular weight excluding hydrogens is 264 g/mol. The van der Waals surface area contributed by atoms with Gasteiger partial charge in [0.1, 0.15) is 5.60 Å². The smallest absolute Gasteiger partial charge is 0.169 e. The van der Waals surface area contributed by atoms with E-state index < -0.39 is 5.60 Å². The number of carbonyl (C=O) groups is 1. The fourth-order valence-electron chi connectivity index (χ4n) is 2.43. The van der Waals surface area contributed by atoms with Gasteiger partial charge in [-0.15, -0.1) is 0 Å². The number of ketones is 1. The lowest BCUT2D eigenvalue weighted by Crippen LogP contribution is -2.46. The number of rotatable bonds is 4. The highest BCUT2D eigenvalue weighted by Crippen LogP contribution is 2.28. The van der Waals surface area contributed by atoms with Gasteiger partial charge in [-0.3, -0.25) is 4.79 Å². The third-order valence-corrected chi connectivity index (χ3v) is 4.11. The molecule has 1 aromatic carbocycles. The number of ether oxygens (including phenoxy) is 2. The van der Waals surface area contributed by atoms with Gasteiger partial charge in [0, 0.05) is 44.6 Å². The van der Waals surface area contributed by atoms with Crippen LogP contribution < -0.4 is 0 Å². The van der Waals surface area contributed by atoms with Crippen LogP contribution >= 0.6 is 11.6 Å². The summed E-state index contributed by atoms with van der Waals surface area (Å²) in [5.41, 5.74) is 1.25. The van der Waals surface area contributed by atoms with Crippen LogP contribution in [0.25, 0.3) is 0 Å². The van der Waals surface area contributed by atoms with Gasteiger partial charge in [-0.1, -0.05) is 23.7 Å². The topological polar surface area (TPSA) is 35.5 Å². The Morgan fingerprint density at radius 1 is 1.42 bits per heavy atom. The van der Waals surface area contributed by atoms with Crippen molar-refractivity contribution in [3.05, 3.63) is 34.3 Å². The van der Waals surface area contributed by atoms with E-state index in [1.807, 2.05) is 25.1 Å². The fourth-order valence-corrected chi connectivity index (χ4v) is 2.73. The van der Waals surface area contributed by atoms with Crippen molar-refractivity contribution in [2.45, 2.75) is 31.8 Å². The predicted molar refractivity (Wildman–Crippen MR) is 74.7 cm³/mol. The molecule has 104 valence electrons. The summed E-state index contributed by atoms with van der Waals surface area (Å²) in [6.07, 6.45) is 1.55. The third kappa shape index (κ3) is 3.16. The Balaban J connectivity index is 2.15. The van der Waals surface area contributed by atoms with E-state index in [9.17, 15) is 4.79 Å². The summed E-state index contributed by atoms with van der Waals surface area (Å²) in [6.45, 7) is 3.12. The van der Waals surface area contributed by atoms with Gasteiger partial charge < -0.3 is 9.47 Å². The number of aryl methyl sites for hydroxylation is 1. The minimum Gasteiger partial charge on any atom is -0.381 e. The van der Waals surface area contributed by atoms with E-state index in [-0.39, 0.29) is 5.78 Å². The normalized spacial score (nSPS) is 18.3. The third-order valence-electron chi connectivity index (χ3n) is 3.76. The standard InChI is InChI=1S/C15H19ClO3/c1-11-3-4-12(13(16)9-11)10-14(17)15(18-2)5-7-19-8-6-15/h3-4,9H,5-8,10H2,1-2H3. The van der Waals surface area contributed by atoms with Gasteiger partial charge in [0.05, 0.1) is 0 Å². The van der Waals surface area contributed by atoms with E-state index in [2.05, 4.69) is 0 Å². The molecular formula is C15H19ClO3. The predicted octanol–water partition coefficient (Wildman–Crippen LogP) is 2.96. The molecule has 3 nitrogen and oxygen atoms in total. The second-order valence-corrected chi connectivity index (χ2v) is 5.41. The fraction of sp³-hybridized carbons (Fsp3) is 0.533. The maximum Gasteiger partial charge on any atom is 0.169 e. The zero-order valence-electron chi connectivity index (χ0n) is 11.4. The summed E-state index contributed by atoms with van der Waals surface area (Å²) in [5.74, 6) is 0.0871. The Hall–Kier alpha value is -0.900. The van der Waals surface area contributed by atoms with Crippen LogP contribution in [0.1, 0.15) is 24.0 Å². The summed E-state index contributed by atoms with van der Waals surface area (Å²) in [7, 11) is 1.60. The molecule has 0 N–H and O–H groups in total. The first-order valence-corrected chi connectivity index (χ1v) is 6.86. The molecule has 0 aliphatic carbocycles. The lowest BCUT2D eigenvalue weighted by molar-refractivity contribution is -0.151. The highest BCUT2D eigenvalue weighted by Gasteiger charge is 2.39. The van der Waals surface area contributed by atoms with Gasteiger partial charge in [0.15, 0.2) is 5.78 Å². The quantitative estimate of drug-likeness (QED) is 0.852. The number of Topliss-reactive ketones (excluding diaryl/α,β-unsaturated/α-hetero) is 1. The maximum absolute atomic E-state index is 12.5. The van der Waals surface area contributed by atoms with Gasteiger partial charge in [-0.05, 0) is 24.1 Å². The lowest BCUT2D eigenvalue weighted by Gasteiger charge is -2.34. The Kier molecular flexibility index (Phi) is 4.61. The Bertz CT molecular complexity index is 464. The number of methoxy groups -OCH3 is 1. The van der Waals surface area contributed by atoms with Gasteiger partial charge in [-0.2, -0.15) is 0 Å². The molecule has 0 spiro atoms. The lowest BCUT2D eigenvalue weighted by atomic mass is 9.86. The van der Waals surface area contributed by atoms with Crippen molar-refractivity contribution in [1.29, 1.82) is 0 Å². The molecule has 0 radical (unpaired) electrons. The van der Waals surface area contributed by atoms with Crippen LogP contribution in [0, 0.1) is 6.92 Å². The van der Waals surface area contributed by atoms with Crippen molar-refractivity contribution in [3.8, 4) is 0 Å². The summed E-state index contributed by atoms with van der Waals surface area (Å²) in [6, 6.07) is 5.77. The molecule has 0 unspecified atom stereocenters. The summed E-state index contributed by atoms with van der Waals surface area (Å²) in [4.78, 5) is 12.5. The SMILES string of the molecule is COC1(C(=O)Cc2ccc(C)cc2Cl)CCOCC1. The summed E-state index contributed by atoms with van der Waals surface area (Å²) < 4.78 is 10.8. The molecule has 0 atom stereocenters. The Labute approximate surface area is 118 Å². The van der Waals surface area contributed by atoms with Crippen LogP contribution in [0.3, 0.4) is 0 Å². The van der Waals surface area contributed by atoms with E-state index in [0.717, 1.165) is 11.1 Å². The molecule has 1 heterocycles. The van der Waals surface area contributed by atoms with Crippen LogP contribution in [0.4, 0.5) is 0 Å². The first-order valence-electron chi connectivity index (χ1n) is 6.49. The summed E-state index contributed by atoms with van der Waals surface area (Å²) >= 11 is 6.18. The minimum atomic E-state index is -0.702. The second kappa shape index (κ2) is 6.04. The molecule has 0 amide bonds. The molecule has 0 saturated carbocycles. The number of carbonyl (C=O) groups excluding carboxylic acids is 1. The molecule has 2 rings (SSSR count). The zero-order valence-corrected chi connectivity index (χ0v) is 12.1. The van der Waals surface area contributed by atoms with Crippen molar-refractivity contribution in [3.63, 3.8) is 0 Å². The van der Waals surface area contributed by atoms with Crippen LogP contribution in [0.5, 0.6) is 0 Å². The van der Waals surface area contributed by atoms with Gasteiger partial charge in [0.25, 0.3) is 0 Å². The Morgan fingerprint density at radius 3 is 2.68 bits per heavy atom. The van der Waals surface area contributed by atoms with Crippen molar-refractivity contribution in [2.24, 2.45) is 0 Å². The van der Waals surface area contributed by atoms with Gasteiger partial charge in [0.2, 0.25) is 0 Å². The molecule has 1 saturated heterocycles. The molecule has 1 aliphatic heterocycles. The average molecular weight is 283 g/mol. The molecule has 0 aromatic heterocycles. The van der Waals surface area contributed by atoms with E-state index in [1.165, 1.54) is 0 Å². The molecule has 1 fully saturated rings. The van der Waals surface area contributed by atoms with Crippen molar-refractivity contribution in [1.82, 2.24) is 0 Å². The van der Waals surface area contributed by atoms with E-state index in [1.54, 1.807) is 7.11 Å². The van der Waals surface area contributed by atoms with Crippen molar-refractivity contribution < 1.29 is 14.3 Å². The average Bonchev–Trinajstić information content (AvgIpc) is 2.42. The molecule has 0 bridgehead atoms. The highest BCUT2D eigenvalue weighted by atomic mass is 35.5. The highest BCUT2D eigenvalue weighted by molar-refractivity contribution is 6.31. The van der Waals surface area contributed by atoms with E-state index >= 15 is 0 Å². The second-order valence-electron chi connectivity index (χ2n) is 5.01. The van der Waals surface area contributed by atoms with Crippen molar-refractivity contribution >= 4 is 17.4 Å². The number of benzene rings is 1. The molecule has 4 heteroatoms. The number of hydrogen-bond donors (Lipinski definition) is 0. The van der Waals surface area contributed by atoms with Gasteiger partial charge in [-0.25, -0.2) is 0 Å². The Morgan fingerprint density at radius 2 is 2.11 bits per heavy atom. The number of halogens is 1. The molecule has 1 aromatic rings. The minimum absolute atomic E-state index is 0.0871. The molecule has 19 heavy (non-hydrogen) atoms. The zero-order chi connectivity index (χ0) is 13.9. The first-order chi connectivity index (χ1) is 9.07. The van der Waals surface area contributed by atoms with Crippen LogP contribution in [0.2, 0.25) is 5.02 Å². The van der Waals surface area contributed by atoms with Crippen molar-refractivity contribution in [2.75, 3.05) is 20.3 Å². The summed E-state index contributed by atoms with van der Waals surface area (Å²) in [5, 5.41) is 0.645. The maximum atomic E-state index is 12.5. The van der Waals surface area contributed by atoms with Crippen LogP contribution in [0.15, 0.2) is 18.2 Å². The van der Waals surface area contributed by atoms with Gasteiger partial charge >= 0.3 is 0 Å². The van der Waals surface area contributed by atoms with E-state index in [4.69, 9.17) is 21.1 Å². The van der Waals surface area contributed by atoms with Crippen LogP contribution in [-0.2, 0) is 20.7 Å². The molecule has 1 aliphatic rings. The number of hydrogen-bond acceptors (Lipinski definition) is 3. The van der Waals surface area contributed by atoms with E-state index in [0.29, 0.717) is 37.5 Å². The largest absolute Gasteiger partial charge is 0.381 e. The monoisotopic (exact) mass is 282 g/mol. The first kappa shape index (κ1) is 14.5. The van der Waals surface area contributed by atoms with Crippen LogP contribution in [-0.4, -0.2) is 31.7 Å².